The molecule has 0 saturated carbocycles. The Labute approximate surface area is 459 Å². The zero-order valence-electron chi connectivity index (χ0n) is 39.4. The van der Waals surface area contributed by atoms with Gasteiger partial charge in [0.2, 0.25) is 0 Å². The monoisotopic (exact) mass is 1180 g/mol. The Balaban J connectivity index is 1.04. The van der Waals surface area contributed by atoms with E-state index in [0.717, 1.165) is 23.2 Å². The summed E-state index contributed by atoms with van der Waals surface area (Å²) in [5, 5.41) is 80.4. The smallest absolute Gasteiger partial charge is 0.323 e. The van der Waals surface area contributed by atoms with E-state index in [9.17, 15) is 40.9 Å². The Morgan fingerprint density at radius 2 is 0.974 bits per heavy atom. The predicted molar refractivity (Wildman–Crippen MR) is 283 cm³/mol. The van der Waals surface area contributed by atoms with Gasteiger partial charge in [-0.15, -0.1) is 17.3 Å². The van der Waals surface area contributed by atoms with Crippen molar-refractivity contribution in [3.05, 3.63) is 178 Å². The molecule has 0 atom stereocenters. The summed E-state index contributed by atoms with van der Waals surface area (Å²) in [6, 6.07) is 33.6. The third kappa shape index (κ3) is 14.8. The minimum Gasteiger partial charge on any atom is -0.507 e. The highest BCUT2D eigenvalue weighted by Gasteiger charge is 2.23. The molecular weight excluding hydrogens is 1140 g/mol. The lowest BCUT2D eigenvalue weighted by molar-refractivity contribution is -0.432. The Bertz CT molecular complexity index is 3710. The maximum Gasteiger partial charge on any atom is 0.323 e. The quantitative estimate of drug-likeness (QED) is 0.0116. The number of aromatic hydroxyl groups is 2. The van der Waals surface area contributed by atoms with Crippen LogP contribution in [0, 0.1) is 0 Å². The van der Waals surface area contributed by atoms with Crippen LogP contribution in [0.1, 0.15) is 44.5 Å². The van der Waals surface area contributed by atoms with Crippen LogP contribution in [0.5, 0.6) is 11.5 Å². The summed E-state index contributed by atoms with van der Waals surface area (Å²) in [6.07, 6.45) is 0.404. The Hall–Kier alpha value is -6.11. The standard InChI is InChI=1S/C49H40N2O21S6/c52-43-26-46(76-72-68-58)41(23-32-8-2-30(20-47(32)78(62,63)64)18-27-3-11-36(12-4-27)73-69-65-55)40-25-35(10-16-39(40)43)51-49(54)50-34-9-15-38-33(21-34)24-45(75-71-67-57)42(48(38)53)22-31-7-1-29(19-44(31)74-70-66-56)17-28-5-13-37(14-6-28)77(59,60)61/h1-16,19-21,24-26,52-53,55-58H,17-18,22-23H2,(H2,50,51,54)(H,59,60,61)(H,62,63,64). The SMILES string of the molecule is O=C(Nc1ccc2c(O)c(Cc3ccc(Cc4ccc(S(=O)(=O)O)cc4)cc3SOOO)c(SOOO)cc2c1)Nc1ccc2c(O)cc(SOOO)c(Cc3ccc(Cc4ccc(SOOO)cc4)cc3S(=O)(=O)O)c2c1. The van der Waals surface area contributed by atoms with Gasteiger partial charge in [0.15, 0.2) is 0 Å². The van der Waals surface area contributed by atoms with Gasteiger partial charge in [-0.05, 0) is 147 Å². The molecule has 0 bridgehead atoms. The highest BCUT2D eigenvalue weighted by molar-refractivity contribution is 7.95. The average molecular weight is 1190 g/mol. The van der Waals surface area contributed by atoms with Gasteiger partial charge in [0.25, 0.3) is 20.2 Å². The molecule has 78 heavy (non-hydrogen) atoms. The number of anilines is 2. The van der Waals surface area contributed by atoms with Gasteiger partial charge >= 0.3 is 6.03 Å². The van der Waals surface area contributed by atoms with Crippen molar-refractivity contribution in [2.45, 2.75) is 55.1 Å². The van der Waals surface area contributed by atoms with Gasteiger partial charge in [-0.1, -0.05) is 68.7 Å². The number of urea groups is 1. The normalized spacial score (nSPS) is 11.9. The summed E-state index contributed by atoms with van der Waals surface area (Å²) in [5.41, 5.74) is 4.52. The third-order valence-corrected chi connectivity index (χ3v) is 16.2. The fourth-order valence-corrected chi connectivity index (χ4v) is 11.6. The number of benzene rings is 8. The molecule has 8 aromatic rings. The van der Waals surface area contributed by atoms with E-state index >= 15 is 0 Å². The molecule has 8 rings (SSSR count). The van der Waals surface area contributed by atoms with Crippen LogP contribution in [0.4, 0.5) is 16.2 Å². The lowest BCUT2D eigenvalue weighted by atomic mass is 9.95. The Kier molecular flexibility index (Phi) is 19.5. The van der Waals surface area contributed by atoms with Crippen molar-refractivity contribution in [2.75, 3.05) is 10.6 Å². The number of phenolic OH excluding ortho intramolecular Hbond substituents is 2. The molecule has 29 heteroatoms. The Morgan fingerprint density at radius 1 is 0.462 bits per heavy atom. The first-order valence-electron chi connectivity index (χ1n) is 22.0. The number of phenols is 2. The Morgan fingerprint density at radius 3 is 1.58 bits per heavy atom. The van der Waals surface area contributed by atoms with Crippen LogP contribution in [-0.2, 0) is 83.4 Å². The topological polar surface area (TPSA) is 345 Å². The molecule has 0 aliphatic rings. The summed E-state index contributed by atoms with van der Waals surface area (Å²) in [4.78, 5) is 14.5. The molecule has 408 valence electrons. The maximum atomic E-state index is 13.7. The van der Waals surface area contributed by atoms with Gasteiger partial charge < -0.3 is 20.8 Å². The molecule has 8 aromatic carbocycles. The van der Waals surface area contributed by atoms with E-state index in [1.54, 1.807) is 78.9 Å². The van der Waals surface area contributed by atoms with Crippen molar-refractivity contribution in [1.29, 1.82) is 0 Å². The summed E-state index contributed by atoms with van der Waals surface area (Å²) in [7, 11) is -9.22. The minimum absolute atomic E-state index is 0.0146. The van der Waals surface area contributed by atoms with E-state index < -0.39 is 31.2 Å². The second kappa shape index (κ2) is 26.2. The number of nitrogens with one attached hydrogen (secondary N) is 2. The predicted octanol–water partition coefficient (Wildman–Crippen LogP) is 11.6. The molecule has 0 aliphatic heterocycles. The fraction of sp³-hybridized carbons (Fsp3) is 0.0816. The maximum absolute atomic E-state index is 13.7. The zero-order valence-corrected chi connectivity index (χ0v) is 44.3. The molecule has 10 N–H and O–H groups in total. The molecular formula is C49H40N2O21S6. The second-order valence-electron chi connectivity index (χ2n) is 16.6. The van der Waals surface area contributed by atoms with Crippen LogP contribution < -0.4 is 10.6 Å². The summed E-state index contributed by atoms with van der Waals surface area (Å²) in [5.74, 6) is -0.461. The van der Waals surface area contributed by atoms with Gasteiger partial charge in [0.05, 0.1) is 58.0 Å². The van der Waals surface area contributed by atoms with Gasteiger partial charge in [0, 0.05) is 60.1 Å². The van der Waals surface area contributed by atoms with Crippen LogP contribution in [0.3, 0.4) is 0 Å². The van der Waals surface area contributed by atoms with Gasteiger partial charge in [-0.3, -0.25) is 9.11 Å². The van der Waals surface area contributed by atoms with Gasteiger partial charge in [-0.2, -0.15) is 16.8 Å². The van der Waals surface area contributed by atoms with Crippen LogP contribution in [-0.4, -0.2) is 63.2 Å². The number of fused-ring (bicyclic) bond motifs is 2. The van der Waals surface area contributed by atoms with Crippen LogP contribution in [0.15, 0.2) is 163 Å². The summed E-state index contributed by atoms with van der Waals surface area (Å²) in [6.45, 7) is 0. The van der Waals surface area contributed by atoms with E-state index in [1.807, 2.05) is 0 Å². The molecule has 0 heterocycles. The fourth-order valence-electron chi connectivity index (χ4n) is 8.33. The average Bonchev–Trinajstić information content (AvgIpc) is 3.48. The van der Waals surface area contributed by atoms with Gasteiger partial charge in [-0.25, -0.2) is 25.8 Å². The molecule has 0 spiro atoms. The molecule has 0 aromatic heterocycles. The van der Waals surface area contributed by atoms with Crippen molar-refractivity contribution in [1.82, 2.24) is 0 Å². The number of carbonyl (C=O) groups is 1. The van der Waals surface area contributed by atoms with Crippen LogP contribution >= 0.6 is 48.2 Å². The van der Waals surface area contributed by atoms with Crippen molar-refractivity contribution in [3.8, 4) is 11.5 Å². The molecule has 23 nitrogen and oxygen atoms in total. The lowest BCUT2D eigenvalue weighted by Gasteiger charge is -2.17. The van der Waals surface area contributed by atoms with E-state index in [4.69, 9.17) is 34.0 Å². The first-order chi connectivity index (χ1) is 37.4. The third-order valence-electron chi connectivity index (χ3n) is 11.7. The van der Waals surface area contributed by atoms with Crippen LogP contribution in [0.25, 0.3) is 21.5 Å². The van der Waals surface area contributed by atoms with E-state index in [2.05, 4.69) is 35.1 Å². The van der Waals surface area contributed by atoms with Crippen LogP contribution in [0.2, 0.25) is 0 Å². The molecule has 2 amide bonds. The lowest BCUT2D eigenvalue weighted by Crippen LogP contribution is -2.19. The van der Waals surface area contributed by atoms with Crippen molar-refractivity contribution in [3.63, 3.8) is 0 Å². The van der Waals surface area contributed by atoms with E-state index in [0.29, 0.717) is 96.3 Å². The number of amides is 2. The first kappa shape index (κ1) is 58.0. The van der Waals surface area contributed by atoms with E-state index in [1.165, 1.54) is 54.6 Å². The molecule has 0 unspecified atom stereocenters. The minimum atomic E-state index is -4.83. The second-order valence-corrected chi connectivity index (χ2v) is 22.4. The zero-order chi connectivity index (χ0) is 55.6. The molecule has 0 saturated heterocycles. The summed E-state index contributed by atoms with van der Waals surface area (Å²) >= 11 is 2.49. The van der Waals surface area contributed by atoms with E-state index in [-0.39, 0.29) is 67.8 Å². The first-order valence-corrected chi connectivity index (χ1v) is 27.9. The summed E-state index contributed by atoms with van der Waals surface area (Å²) < 4.78 is 87.4. The highest BCUT2D eigenvalue weighted by Crippen LogP contribution is 2.42. The number of rotatable bonds is 24. The molecule has 0 fully saturated rings. The highest BCUT2D eigenvalue weighted by atomic mass is 32.2. The number of hydrogen-bond acceptors (Lipinski definition) is 23. The van der Waals surface area contributed by atoms with Crippen molar-refractivity contribution in [2.24, 2.45) is 0 Å². The number of hydrogen-bond donors (Lipinski definition) is 10. The van der Waals surface area contributed by atoms with Gasteiger partial charge in [0.1, 0.15) is 11.5 Å². The van der Waals surface area contributed by atoms with Crippen molar-refractivity contribution >= 4 is 107 Å². The largest absolute Gasteiger partial charge is 0.507 e. The van der Waals surface area contributed by atoms with Crippen molar-refractivity contribution < 1.29 is 99.5 Å². The number of carbonyl (C=O) groups excluding carboxylic acids is 1. The molecule has 0 radical (unpaired) electrons. The molecule has 0 aliphatic carbocycles.